The zero-order valence-corrected chi connectivity index (χ0v) is 13.2. The van der Waals surface area contributed by atoms with E-state index < -0.39 is 10.0 Å². The van der Waals surface area contributed by atoms with Gasteiger partial charge in [-0.05, 0) is 24.3 Å². The SMILES string of the molecule is O=C1OCCC1N1CCC(NS(=O)(=O)c2cccs2)CC1. The van der Waals surface area contributed by atoms with E-state index in [9.17, 15) is 13.2 Å². The van der Waals surface area contributed by atoms with E-state index in [0.29, 0.717) is 23.7 Å². The minimum Gasteiger partial charge on any atom is -0.464 e. The van der Waals surface area contributed by atoms with Crippen LogP contribution in [-0.2, 0) is 19.6 Å². The average Bonchev–Trinajstić information content (AvgIpc) is 3.10. The van der Waals surface area contributed by atoms with Gasteiger partial charge in [-0.3, -0.25) is 9.69 Å². The zero-order chi connectivity index (χ0) is 14.9. The molecular formula is C13H18N2O4S2. The van der Waals surface area contributed by atoms with Crippen molar-refractivity contribution in [3.8, 4) is 0 Å². The maximum Gasteiger partial charge on any atom is 0.323 e. The maximum atomic E-state index is 12.2. The highest BCUT2D eigenvalue weighted by atomic mass is 32.2. The van der Waals surface area contributed by atoms with E-state index in [-0.39, 0.29) is 18.1 Å². The minimum absolute atomic E-state index is 0.0641. The van der Waals surface area contributed by atoms with Crippen LogP contribution in [-0.4, -0.2) is 51.1 Å². The second kappa shape index (κ2) is 6.04. The van der Waals surface area contributed by atoms with E-state index in [4.69, 9.17) is 4.74 Å². The van der Waals surface area contributed by atoms with E-state index in [1.165, 1.54) is 11.3 Å². The number of carbonyl (C=O) groups is 1. The second-order valence-electron chi connectivity index (χ2n) is 5.34. The molecule has 0 aliphatic carbocycles. The molecule has 2 saturated heterocycles. The fraction of sp³-hybridized carbons (Fsp3) is 0.615. The summed E-state index contributed by atoms with van der Waals surface area (Å²) >= 11 is 1.22. The number of carbonyl (C=O) groups excluding carboxylic acids is 1. The summed E-state index contributed by atoms with van der Waals surface area (Å²) in [6, 6.07) is 3.13. The van der Waals surface area contributed by atoms with Crippen LogP contribution in [0.5, 0.6) is 0 Å². The first-order valence-corrected chi connectivity index (χ1v) is 9.39. The number of sulfonamides is 1. The molecule has 1 unspecified atom stereocenters. The lowest BCUT2D eigenvalue weighted by Gasteiger charge is -2.34. The minimum atomic E-state index is -3.41. The Balaban J connectivity index is 1.55. The topological polar surface area (TPSA) is 75.7 Å². The van der Waals surface area contributed by atoms with Gasteiger partial charge in [-0.2, -0.15) is 0 Å². The summed E-state index contributed by atoms with van der Waals surface area (Å²) in [6.07, 6.45) is 2.17. The fourth-order valence-electron chi connectivity index (χ4n) is 2.84. The number of rotatable bonds is 4. The Morgan fingerprint density at radius 2 is 2.05 bits per heavy atom. The monoisotopic (exact) mass is 330 g/mol. The van der Waals surface area contributed by atoms with Gasteiger partial charge in [0.15, 0.2) is 0 Å². The Morgan fingerprint density at radius 3 is 2.62 bits per heavy atom. The standard InChI is InChI=1S/C13H18N2O4S2/c16-13-11(5-8-19-13)15-6-3-10(4-7-15)14-21(17,18)12-2-1-9-20-12/h1-2,9-11,14H,3-8H2. The van der Waals surface area contributed by atoms with Gasteiger partial charge in [0.2, 0.25) is 10.0 Å². The number of nitrogens with zero attached hydrogens (tertiary/aromatic N) is 1. The van der Waals surface area contributed by atoms with Crippen molar-refractivity contribution in [1.29, 1.82) is 0 Å². The molecule has 1 N–H and O–H groups in total. The van der Waals surface area contributed by atoms with Crippen LogP contribution in [0.4, 0.5) is 0 Å². The van der Waals surface area contributed by atoms with Gasteiger partial charge in [0.1, 0.15) is 10.3 Å². The van der Waals surface area contributed by atoms with Gasteiger partial charge in [0.05, 0.1) is 6.61 Å². The number of piperidine rings is 1. The molecule has 116 valence electrons. The molecule has 2 aliphatic rings. The van der Waals surface area contributed by atoms with Crippen molar-refractivity contribution >= 4 is 27.3 Å². The summed E-state index contributed by atoms with van der Waals surface area (Å²) in [4.78, 5) is 13.7. The highest BCUT2D eigenvalue weighted by Crippen LogP contribution is 2.22. The lowest BCUT2D eigenvalue weighted by atomic mass is 10.0. The summed E-state index contributed by atoms with van der Waals surface area (Å²) in [5.41, 5.74) is 0. The third-order valence-electron chi connectivity index (χ3n) is 3.96. The third kappa shape index (κ3) is 3.28. The highest BCUT2D eigenvalue weighted by Gasteiger charge is 2.35. The van der Waals surface area contributed by atoms with Gasteiger partial charge in [-0.1, -0.05) is 6.07 Å². The molecule has 3 rings (SSSR count). The number of hydrogen-bond acceptors (Lipinski definition) is 6. The van der Waals surface area contributed by atoms with Crippen LogP contribution in [0, 0.1) is 0 Å². The third-order valence-corrected chi connectivity index (χ3v) is 6.88. The summed E-state index contributed by atoms with van der Waals surface area (Å²) < 4.78 is 32.4. The van der Waals surface area contributed by atoms with Crippen LogP contribution >= 0.6 is 11.3 Å². The fourth-order valence-corrected chi connectivity index (χ4v) is 5.15. The van der Waals surface area contributed by atoms with Crippen molar-refractivity contribution in [2.75, 3.05) is 19.7 Å². The Labute approximate surface area is 128 Å². The van der Waals surface area contributed by atoms with Gasteiger partial charge in [-0.25, -0.2) is 13.1 Å². The van der Waals surface area contributed by atoms with Crippen molar-refractivity contribution in [1.82, 2.24) is 9.62 Å². The average molecular weight is 330 g/mol. The zero-order valence-electron chi connectivity index (χ0n) is 11.5. The van der Waals surface area contributed by atoms with Gasteiger partial charge in [0.25, 0.3) is 0 Å². The smallest absolute Gasteiger partial charge is 0.323 e. The number of hydrogen-bond donors (Lipinski definition) is 1. The molecule has 6 nitrogen and oxygen atoms in total. The Hall–Kier alpha value is -0.960. The van der Waals surface area contributed by atoms with Crippen molar-refractivity contribution in [2.45, 2.75) is 35.6 Å². The van der Waals surface area contributed by atoms with Crippen LogP contribution in [0.25, 0.3) is 0 Å². The summed E-state index contributed by atoms with van der Waals surface area (Å²) in [6.45, 7) is 1.93. The van der Waals surface area contributed by atoms with E-state index >= 15 is 0 Å². The lowest BCUT2D eigenvalue weighted by Crippen LogP contribution is -2.49. The molecule has 0 aromatic carbocycles. The van der Waals surface area contributed by atoms with Crippen LogP contribution in [0.1, 0.15) is 19.3 Å². The van der Waals surface area contributed by atoms with Crippen LogP contribution in [0.15, 0.2) is 21.7 Å². The van der Waals surface area contributed by atoms with Gasteiger partial charge >= 0.3 is 5.97 Å². The molecular weight excluding hydrogens is 312 g/mol. The van der Waals surface area contributed by atoms with E-state index in [2.05, 4.69) is 9.62 Å². The Kier molecular flexibility index (Phi) is 4.30. The van der Waals surface area contributed by atoms with Crippen molar-refractivity contribution in [3.63, 3.8) is 0 Å². The van der Waals surface area contributed by atoms with E-state index in [1.807, 2.05) is 0 Å². The van der Waals surface area contributed by atoms with E-state index in [1.54, 1.807) is 17.5 Å². The van der Waals surface area contributed by atoms with Gasteiger partial charge in [0, 0.05) is 25.6 Å². The van der Waals surface area contributed by atoms with Gasteiger partial charge in [-0.15, -0.1) is 11.3 Å². The quantitative estimate of drug-likeness (QED) is 0.827. The molecule has 1 aromatic rings. The molecule has 1 aromatic heterocycles. The van der Waals surface area contributed by atoms with Crippen molar-refractivity contribution in [2.24, 2.45) is 0 Å². The molecule has 0 amide bonds. The van der Waals surface area contributed by atoms with Crippen molar-refractivity contribution in [3.05, 3.63) is 17.5 Å². The largest absolute Gasteiger partial charge is 0.464 e. The number of ether oxygens (including phenoxy) is 1. The van der Waals surface area contributed by atoms with Crippen LogP contribution in [0.3, 0.4) is 0 Å². The van der Waals surface area contributed by atoms with Gasteiger partial charge < -0.3 is 4.74 Å². The molecule has 3 heterocycles. The molecule has 21 heavy (non-hydrogen) atoms. The Morgan fingerprint density at radius 1 is 1.29 bits per heavy atom. The number of likely N-dealkylation sites (tertiary alicyclic amines) is 1. The summed E-state index contributed by atoms with van der Waals surface area (Å²) in [7, 11) is -3.41. The summed E-state index contributed by atoms with van der Waals surface area (Å²) in [5, 5.41) is 1.75. The molecule has 2 aliphatic heterocycles. The number of thiophene rings is 1. The van der Waals surface area contributed by atoms with Crippen LogP contribution in [0.2, 0.25) is 0 Å². The molecule has 0 bridgehead atoms. The summed E-state index contributed by atoms with van der Waals surface area (Å²) in [5.74, 6) is -0.146. The molecule has 0 saturated carbocycles. The lowest BCUT2D eigenvalue weighted by molar-refractivity contribution is -0.142. The normalized spacial score (nSPS) is 25.1. The van der Waals surface area contributed by atoms with E-state index in [0.717, 1.165) is 19.5 Å². The number of nitrogens with one attached hydrogen (secondary N) is 1. The predicted octanol–water partition coefficient (Wildman–Crippen LogP) is 0.806. The number of esters is 1. The molecule has 8 heteroatoms. The second-order valence-corrected chi connectivity index (χ2v) is 8.22. The maximum absolute atomic E-state index is 12.2. The molecule has 2 fully saturated rings. The first kappa shape index (κ1) is 15.0. The first-order chi connectivity index (χ1) is 10.1. The Bertz CT molecular complexity index is 592. The molecule has 1 atom stereocenters. The number of cyclic esters (lactones) is 1. The van der Waals surface area contributed by atoms with Crippen molar-refractivity contribution < 1.29 is 17.9 Å². The first-order valence-electron chi connectivity index (χ1n) is 7.03. The predicted molar refractivity (Wildman–Crippen MR) is 78.6 cm³/mol. The highest BCUT2D eigenvalue weighted by molar-refractivity contribution is 7.91. The molecule has 0 spiro atoms. The molecule has 0 radical (unpaired) electrons. The van der Waals surface area contributed by atoms with Crippen LogP contribution < -0.4 is 4.72 Å².